The Labute approximate surface area is 107 Å². The smallest absolute Gasteiger partial charge is 0.270 e. The zero-order valence-corrected chi connectivity index (χ0v) is 10.6. The number of pyridine rings is 1. The molecule has 5 nitrogen and oxygen atoms in total. The Morgan fingerprint density at radius 2 is 2.56 bits per heavy atom. The lowest BCUT2D eigenvalue weighted by Crippen LogP contribution is -2.28. The van der Waals surface area contributed by atoms with Crippen LogP contribution in [0.1, 0.15) is 30.3 Å². The number of ether oxygens (including phenoxy) is 1. The number of carbonyl (C=O) groups excluding carboxylic acids is 1. The number of carbonyl (C=O) groups is 1. The zero-order chi connectivity index (χ0) is 12.8. The Morgan fingerprint density at radius 3 is 3.28 bits per heavy atom. The van der Waals surface area contributed by atoms with Crippen molar-refractivity contribution in [3.8, 4) is 5.75 Å². The van der Waals surface area contributed by atoms with Gasteiger partial charge in [0, 0.05) is 24.8 Å². The topological polar surface area (TPSA) is 63.2 Å². The first-order chi connectivity index (χ1) is 8.79. The van der Waals surface area contributed by atoms with E-state index in [1.165, 1.54) is 6.42 Å². The van der Waals surface area contributed by atoms with Crippen LogP contribution in [-0.4, -0.2) is 36.6 Å². The van der Waals surface area contributed by atoms with E-state index >= 15 is 0 Å². The summed E-state index contributed by atoms with van der Waals surface area (Å²) in [5, 5.41) is 6.08. The summed E-state index contributed by atoms with van der Waals surface area (Å²) < 4.78 is 5.68. The second-order valence-corrected chi connectivity index (χ2v) is 4.34. The summed E-state index contributed by atoms with van der Waals surface area (Å²) in [5.41, 5.74) is 0.397. The number of rotatable bonds is 5. The minimum Gasteiger partial charge on any atom is -0.492 e. The van der Waals surface area contributed by atoms with Gasteiger partial charge in [0.05, 0.1) is 0 Å². The molecule has 1 aromatic heterocycles. The van der Waals surface area contributed by atoms with Gasteiger partial charge in [0.2, 0.25) is 0 Å². The fourth-order valence-corrected chi connectivity index (χ4v) is 1.97. The summed E-state index contributed by atoms with van der Waals surface area (Å²) in [6.45, 7) is 4.18. The lowest BCUT2D eigenvalue weighted by molar-refractivity contribution is 0.0950. The summed E-state index contributed by atoms with van der Waals surface area (Å²) in [6, 6.07) is 3.88. The van der Waals surface area contributed by atoms with Gasteiger partial charge in [-0.05, 0) is 32.4 Å². The van der Waals surface area contributed by atoms with Crippen LogP contribution in [0.4, 0.5) is 0 Å². The molecule has 1 fully saturated rings. The molecule has 1 aliphatic heterocycles. The highest BCUT2D eigenvalue weighted by Crippen LogP contribution is 2.13. The van der Waals surface area contributed by atoms with Crippen molar-refractivity contribution in [1.82, 2.24) is 15.6 Å². The first kappa shape index (κ1) is 12.8. The maximum Gasteiger partial charge on any atom is 0.270 e. The van der Waals surface area contributed by atoms with E-state index in [1.54, 1.807) is 18.3 Å². The first-order valence-corrected chi connectivity index (χ1v) is 6.40. The Morgan fingerprint density at radius 1 is 1.67 bits per heavy atom. The molecular formula is C13H19N3O2. The second kappa shape index (κ2) is 6.35. The molecule has 98 valence electrons. The van der Waals surface area contributed by atoms with Crippen molar-refractivity contribution in [2.75, 3.05) is 19.7 Å². The van der Waals surface area contributed by atoms with Crippen molar-refractivity contribution in [3.05, 3.63) is 24.0 Å². The standard InChI is InChI=1S/C13H19N3O2/c1-2-14-13(17)12-8-11(5-7-16-12)18-9-10-4-3-6-15-10/h5,7-8,10,15H,2-4,6,9H2,1H3,(H,14,17). The summed E-state index contributed by atoms with van der Waals surface area (Å²) in [7, 11) is 0. The molecule has 2 heterocycles. The highest BCUT2D eigenvalue weighted by atomic mass is 16.5. The second-order valence-electron chi connectivity index (χ2n) is 4.34. The van der Waals surface area contributed by atoms with Crippen LogP contribution >= 0.6 is 0 Å². The Balaban J connectivity index is 1.91. The van der Waals surface area contributed by atoms with Gasteiger partial charge in [-0.15, -0.1) is 0 Å². The Bertz CT molecular complexity index is 403. The Hall–Kier alpha value is -1.62. The molecular weight excluding hydrogens is 230 g/mol. The summed E-state index contributed by atoms with van der Waals surface area (Å²) in [6.07, 6.45) is 3.95. The van der Waals surface area contributed by atoms with E-state index in [4.69, 9.17) is 4.74 Å². The maximum atomic E-state index is 11.6. The minimum absolute atomic E-state index is 0.165. The molecule has 0 saturated carbocycles. The van der Waals surface area contributed by atoms with Gasteiger partial charge in [-0.3, -0.25) is 9.78 Å². The summed E-state index contributed by atoms with van der Waals surface area (Å²) in [4.78, 5) is 15.6. The van der Waals surface area contributed by atoms with Crippen molar-refractivity contribution in [2.24, 2.45) is 0 Å². The normalized spacial score (nSPS) is 18.6. The van der Waals surface area contributed by atoms with Gasteiger partial charge in [-0.1, -0.05) is 0 Å². The largest absolute Gasteiger partial charge is 0.492 e. The average molecular weight is 249 g/mol. The number of hydrogen-bond acceptors (Lipinski definition) is 4. The van der Waals surface area contributed by atoms with Crippen LogP contribution < -0.4 is 15.4 Å². The number of aromatic nitrogens is 1. The third kappa shape index (κ3) is 3.43. The van der Waals surface area contributed by atoms with Crippen LogP contribution in [0.25, 0.3) is 0 Å². The highest BCUT2D eigenvalue weighted by molar-refractivity contribution is 5.92. The average Bonchev–Trinajstić information content (AvgIpc) is 2.90. The molecule has 1 unspecified atom stereocenters. The van der Waals surface area contributed by atoms with Gasteiger partial charge >= 0.3 is 0 Å². The van der Waals surface area contributed by atoms with Crippen LogP contribution in [0, 0.1) is 0 Å². The van der Waals surface area contributed by atoms with Crippen molar-refractivity contribution in [2.45, 2.75) is 25.8 Å². The SMILES string of the molecule is CCNC(=O)c1cc(OCC2CCCN2)ccn1. The van der Waals surface area contributed by atoms with E-state index in [9.17, 15) is 4.79 Å². The van der Waals surface area contributed by atoms with Gasteiger partial charge in [-0.2, -0.15) is 0 Å². The molecule has 18 heavy (non-hydrogen) atoms. The number of nitrogens with zero attached hydrogens (tertiary/aromatic N) is 1. The molecule has 1 aliphatic rings. The zero-order valence-electron chi connectivity index (χ0n) is 10.6. The number of nitrogens with one attached hydrogen (secondary N) is 2. The third-order valence-electron chi connectivity index (χ3n) is 2.91. The van der Waals surface area contributed by atoms with Gasteiger partial charge in [0.1, 0.15) is 18.1 Å². The molecule has 2 N–H and O–H groups in total. The van der Waals surface area contributed by atoms with E-state index < -0.39 is 0 Å². The fourth-order valence-electron chi connectivity index (χ4n) is 1.97. The fraction of sp³-hybridized carbons (Fsp3) is 0.538. The minimum atomic E-state index is -0.165. The van der Waals surface area contributed by atoms with Crippen LogP contribution in [0.2, 0.25) is 0 Å². The number of hydrogen-bond donors (Lipinski definition) is 2. The quantitative estimate of drug-likeness (QED) is 0.816. The van der Waals surface area contributed by atoms with Crippen molar-refractivity contribution in [1.29, 1.82) is 0 Å². The molecule has 0 bridgehead atoms. The lowest BCUT2D eigenvalue weighted by Gasteiger charge is -2.12. The molecule has 0 spiro atoms. The predicted octanol–water partition coefficient (Wildman–Crippen LogP) is 0.962. The number of amides is 1. The third-order valence-corrected chi connectivity index (χ3v) is 2.91. The molecule has 1 atom stereocenters. The molecule has 1 aromatic rings. The molecule has 2 rings (SSSR count). The molecule has 0 radical (unpaired) electrons. The molecule has 0 aliphatic carbocycles. The van der Waals surface area contributed by atoms with Gasteiger partial charge in [0.25, 0.3) is 5.91 Å². The highest BCUT2D eigenvalue weighted by Gasteiger charge is 2.14. The van der Waals surface area contributed by atoms with E-state index in [0.29, 0.717) is 30.6 Å². The first-order valence-electron chi connectivity index (χ1n) is 6.40. The summed E-state index contributed by atoms with van der Waals surface area (Å²) in [5.74, 6) is 0.530. The molecule has 5 heteroatoms. The maximum absolute atomic E-state index is 11.6. The van der Waals surface area contributed by atoms with E-state index in [2.05, 4.69) is 15.6 Å². The van der Waals surface area contributed by atoms with Crippen LogP contribution in [0.15, 0.2) is 18.3 Å². The van der Waals surface area contributed by atoms with Gasteiger partial charge in [-0.25, -0.2) is 0 Å². The van der Waals surface area contributed by atoms with Crippen LogP contribution in [-0.2, 0) is 0 Å². The predicted molar refractivity (Wildman–Crippen MR) is 68.8 cm³/mol. The van der Waals surface area contributed by atoms with Crippen molar-refractivity contribution >= 4 is 5.91 Å². The molecule has 1 saturated heterocycles. The molecule has 1 amide bonds. The van der Waals surface area contributed by atoms with Crippen molar-refractivity contribution < 1.29 is 9.53 Å². The summed E-state index contributed by atoms with van der Waals surface area (Å²) >= 11 is 0. The van der Waals surface area contributed by atoms with Gasteiger partial charge in [0.15, 0.2) is 0 Å². The molecule has 0 aromatic carbocycles. The van der Waals surface area contributed by atoms with E-state index in [0.717, 1.165) is 13.0 Å². The van der Waals surface area contributed by atoms with Crippen LogP contribution in [0.3, 0.4) is 0 Å². The van der Waals surface area contributed by atoms with E-state index in [1.807, 2.05) is 6.92 Å². The van der Waals surface area contributed by atoms with Crippen molar-refractivity contribution in [3.63, 3.8) is 0 Å². The monoisotopic (exact) mass is 249 g/mol. The Kier molecular flexibility index (Phi) is 4.52. The van der Waals surface area contributed by atoms with Gasteiger partial charge < -0.3 is 15.4 Å². The lowest BCUT2D eigenvalue weighted by atomic mass is 10.2. The van der Waals surface area contributed by atoms with Crippen LogP contribution in [0.5, 0.6) is 5.75 Å². The van der Waals surface area contributed by atoms with E-state index in [-0.39, 0.29) is 5.91 Å².